The maximum atomic E-state index is 14.8. The molecule has 3 aromatic rings. The van der Waals surface area contributed by atoms with Crippen molar-refractivity contribution in [3.05, 3.63) is 34.6 Å². The lowest BCUT2D eigenvalue weighted by Crippen LogP contribution is -2.41. The number of anilines is 4. The summed E-state index contributed by atoms with van der Waals surface area (Å²) in [7, 11) is 0. The Morgan fingerprint density at radius 3 is 2.86 bits per heavy atom. The monoisotopic (exact) mass is 500 g/mol. The van der Waals surface area contributed by atoms with Gasteiger partial charge >= 0.3 is 0 Å². The first-order valence-electron chi connectivity index (χ1n) is 12.1. The van der Waals surface area contributed by atoms with Gasteiger partial charge in [-0.2, -0.15) is 18.9 Å². The predicted octanol–water partition coefficient (Wildman–Crippen LogP) is 4.70. The normalized spacial score (nSPS) is 21.4. The number of alkyl halides is 2. The summed E-state index contributed by atoms with van der Waals surface area (Å²) < 4.78 is 29.6. The van der Waals surface area contributed by atoms with Crippen LogP contribution in [0.25, 0.3) is 0 Å². The Morgan fingerprint density at radius 1 is 1.20 bits per heavy atom. The van der Waals surface area contributed by atoms with E-state index in [4.69, 9.17) is 0 Å². The second-order valence-electron chi connectivity index (χ2n) is 9.40. The number of fused-ring (bicyclic) bond motifs is 1. The molecule has 35 heavy (non-hydrogen) atoms. The summed E-state index contributed by atoms with van der Waals surface area (Å²) in [6.45, 7) is 0.508. The number of thiazole rings is 1. The van der Waals surface area contributed by atoms with E-state index in [-0.39, 0.29) is 30.4 Å². The maximum Gasteiger partial charge on any atom is 0.290 e. The number of carbonyl (C=O) groups excluding carboxylic acids is 1. The molecule has 4 heterocycles. The summed E-state index contributed by atoms with van der Waals surface area (Å²) in [5.41, 5.74) is 1.20. The molecular formula is C23H26F2N8OS. The third-order valence-corrected chi connectivity index (χ3v) is 7.83. The van der Waals surface area contributed by atoms with Gasteiger partial charge in [0, 0.05) is 47.8 Å². The highest BCUT2D eigenvalue weighted by Gasteiger charge is 2.44. The van der Waals surface area contributed by atoms with E-state index in [0.29, 0.717) is 41.2 Å². The van der Waals surface area contributed by atoms with Gasteiger partial charge in [-0.1, -0.05) is 12.8 Å². The molecule has 1 saturated heterocycles. The van der Waals surface area contributed by atoms with Crippen molar-refractivity contribution in [1.29, 1.82) is 0 Å². The minimum absolute atomic E-state index is 0.135. The van der Waals surface area contributed by atoms with Gasteiger partial charge in [-0.3, -0.25) is 9.89 Å². The van der Waals surface area contributed by atoms with Crippen LogP contribution < -0.4 is 15.5 Å². The molecule has 1 saturated carbocycles. The fraction of sp³-hybridized carbons (Fsp3) is 0.522. The van der Waals surface area contributed by atoms with Crippen molar-refractivity contribution in [2.75, 3.05) is 22.1 Å². The van der Waals surface area contributed by atoms with Crippen LogP contribution in [0.4, 0.5) is 31.5 Å². The van der Waals surface area contributed by atoms with Crippen LogP contribution in [-0.4, -0.2) is 43.6 Å². The van der Waals surface area contributed by atoms with Gasteiger partial charge in [-0.15, -0.1) is 11.3 Å². The summed E-state index contributed by atoms with van der Waals surface area (Å²) in [5.74, 6) is -1.81. The van der Waals surface area contributed by atoms with Gasteiger partial charge in [0.25, 0.3) is 5.92 Å². The van der Waals surface area contributed by atoms with Crippen LogP contribution in [0.5, 0.6) is 0 Å². The molecule has 12 heteroatoms. The third-order valence-electron chi connectivity index (χ3n) is 7.14. The lowest BCUT2D eigenvalue weighted by molar-refractivity contribution is -0.117. The van der Waals surface area contributed by atoms with Crippen LogP contribution >= 0.6 is 11.3 Å². The van der Waals surface area contributed by atoms with E-state index in [1.165, 1.54) is 24.2 Å². The smallest absolute Gasteiger partial charge is 0.290 e. The topological polar surface area (TPSA) is 112 Å². The van der Waals surface area contributed by atoms with Gasteiger partial charge in [0.15, 0.2) is 10.9 Å². The lowest BCUT2D eigenvalue weighted by Gasteiger charge is -2.25. The Balaban J connectivity index is 1.30. The number of hydrogen-bond acceptors (Lipinski definition) is 8. The molecule has 0 aromatic carbocycles. The first-order chi connectivity index (χ1) is 17.0. The summed E-state index contributed by atoms with van der Waals surface area (Å²) in [4.78, 5) is 27.7. The van der Waals surface area contributed by atoms with Crippen LogP contribution in [0.3, 0.4) is 0 Å². The zero-order valence-corrected chi connectivity index (χ0v) is 19.9. The number of rotatable bonds is 6. The number of halogens is 2. The Hall–Kier alpha value is -3.15. The summed E-state index contributed by atoms with van der Waals surface area (Å²) in [6.07, 6.45) is 7.47. The molecule has 0 radical (unpaired) electrons. The Morgan fingerprint density at radius 2 is 2.06 bits per heavy atom. The maximum absolute atomic E-state index is 14.8. The van der Waals surface area contributed by atoms with Crippen molar-refractivity contribution >= 4 is 40.0 Å². The molecule has 3 aromatic heterocycles. The van der Waals surface area contributed by atoms with Crippen LogP contribution in [-0.2, 0) is 17.1 Å². The zero-order chi connectivity index (χ0) is 24.0. The molecular weight excluding hydrogens is 474 g/mol. The summed E-state index contributed by atoms with van der Waals surface area (Å²) in [5, 5.41) is 15.7. The molecule has 6 rings (SSSR count). The van der Waals surface area contributed by atoms with E-state index in [1.54, 1.807) is 16.5 Å². The first-order valence-corrected chi connectivity index (χ1v) is 12.9. The summed E-state index contributed by atoms with van der Waals surface area (Å²) >= 11 is 1.33. The van der Waals surface area contributed by atoms with Crippen LogP contribution in [0.1, 0.15) is 67.8 Å². The fourth-order valence-corrected chi connectivity index (χ4v) is 5.90. The molecule has 9 nitrogen and oxygen atoms in total. The highest BCUT2D eigenvalue weighted by atomic mass is 32.1. The number of hydrogen-bond donors (Lipinski definition) is 3. The number of H-pyrrole nitrogens is 1. The molecule has 1 atom stereocenters. The second-order valence-corrected chi connectivity index (χ2v) is 10.3. The van der Waals surface area contributed by atoms with E-state index >= 15 is 0 Å². The Bertz CT molecular complexity index is 1220. The van der Waals surface area contributed by atoms with Gasteiger partial charge in [-0.25, -0.2) is 9.97 Å². The molecule has 184 valence electrons. The average Bonchev–Trinajstić information content (AvgIpc) is 3.64. The lowest BCUT2D eigenvalue weighted by atomic mass is 10.0. The summed E-state index contributed by atoms with van der Waals surface area (Å²) in [6, 6.07) is 1.39. The van der Waals surface area contributed by atoms with E-state index in [1.807, 2.05) is 6.07 Å². The molecule has 2 fully saturated rings. The largest absolute Gasteiger partial charge is 0.329 e. The first kappa shape index (κ1) is 22.3. The number of nitrogens with one attached hydrogen (secondary N) is 3. The molecule has 3 N–H and O–H groups in total. The SMILES string of the molecule is O=C(Nc1nccs1)C1CCCN1c1nc(Nc2cc(C3CCCC3)[nH]n2)c2c(n1)C(F)(F)CC2. The van der Waals surface area contributed by atoms with Crippen molar-refractivity contribution in [2.45, 2.75) is 69.2 Å². The van der Waals surface area contributed by atoms with Crippen molar-refractivity contribution in [3.8, 4) is 0 Å². The highest BCUT2D eigenvalue weighted by Crippen LogP contribution is 2.44. The van der Waals surface area contributed by atoms with E-state index in [2.05, 4.69) is 35.8 Å². The molecule has 1 aliphatic heterocycles. The van der Waals surface area contributed by atoms with E-state index in [0.717, 1.165) is 25.0 Å². The number of aromatic nitrogens is 5. The molecule has 1 unspecified atom stereocenters. The Labute approximate surface area is 204 Å². The molecule has 3 aliphatic rings. The molecule has 0 spiro atoms. The number of aromatic amines is 1. The molecule has 0 bridgehead atoms. The van der Waals surface area contributed by atoms with E-state index in [9.17, 15) is 13.6 Å². The van der Waals surface area contributed by atoms with Crippen molar-refractivity contribution in [3.63, 3.8) is 0 Å². The van der Waals surface area contributed by atoms with Crippen molar-refractivity contribution in [1.82, 2.24) is 25.1 Å². The van der Waals surface area contributed by atoms with Gasteiger partial charge in [-0.05, 0) is 32.1 Å². The third kappa shape index (κ3) is 4.24. The minimum Gasteiger partial charge on any atom is -0.329 e. The standard InChI is InChI=1S/C23H26F2N8OS/c24-23(25)8-7-14-18(23)28-21(33-10-3-6-16(33)20(34)30-22-26-9-11-35-22)29-19(14)27-17-12-15(31-32-17)13-4-1-2-5-13/h9,11-13,16H,1-8,10H2,(H,26,30,34)(H2,27,28,29,31,32). The number of amides is 1. The van der Waals surface area contributed by atoms with E-state index < -0.39 is 12.0 Å². The van der Waals surface area contributed by atoms with Gasteiger partial charge < -0.3 is 15.5 Å². The molecule has 2 aliphatic carbocycles. The van der Waals surface area contributed by atoms with Gasteiger partial charge in [0.05, 0.1) is 0 Å². The number of carbonyl (C=O) groups is 1. The van der Waals surface area contributed by atoms with Crippen LogP contribution in [0, 0.1) is 0 Å². The van der Waals surface area contributed by atoms with Crippen LogP contribution in [0.2, 0.25) is 0 Å². The van der Waals surface area contributed by atoms with Crippen LogP contribution in [0.15, 0.2) is 17.6 Å². The highest BCUT2D eigenvalue weighted by molar-refractivity contribution is 7.13. The quantitative estimate of drug-likeness (QED) is 0.450. The number of nitrogens with zero attached hydrogens (tertiary/aromatic N) is 5. The second kappa shape index (κ2) is 8.81. The van der Waals surface area contributed by atoms with Gasteiger partial charge in [0.2, 0.25) is 11.9 Å². The zero-order valence-electron chi connectivity index (χ0n) is 19.1. The predicted molar refractivity (Wildman–Crippen MR) is 128 cm³/mol. The minimum atomic E-state index is -3.04. The van der Waals surface area contributed by atoms with Crippen molar-refractivity contribution in [2.24, 2.45) is 0 Å². The Kier molecular flexibility index (Phi) is 5.62. The van der Waals surface area contributed by atoms with Gasteiger partial charge in [0.1, 0.15) is 17.6 Å². The van der Waals surface area contributed by atoms with Crippen molar-refractivity contribution < 1.29 is 13.6 Å². The fourth-order valence-electron chi connectivity index (χ4n) is 5.36. The molecule has 1 amide bonds. The average molecular weight is 501 g/mol.